The first-order chi connectivity index (χ1) is 8.20. The fourth-order valence-electron chi connectivity index (χ4n) is 1.08. The topological polar surface area (TPSA) is 91.0 Å². The predicted molar refractivity (Wildman–Crippen MR) is 55.5 cm³/mol. The molecule has 0 unspecified atom stereocenters. The zero-order valence-corrected chi connectivity index (χ0v) is 8.73. The standard InChI is InChI=1S/C9H8F4N4O/c10-5-3-4(9(11,12)13)1-2-6(5)16-7(14)17-8(15)18/h1-3H,(H5,14,15,16,17,18). The van der Waals surface area contributed by atoms with Gasteiger partial charge in [-0.15, -0.1) is 0 Å². The van der Waals surface area contributed by atoms with Gasteiger partial charge in [0.15, 0.2) is 0 Å². The first-order valence-electron chi connectivity index (χ1n) is 4.49. The number of carbonyl (C=O) groups is 1. The van der Waals surface area contributed by atoms with Crippen LogP contribution >= 0.6 is 0 Å². The molecule has 18 heavy (non-hydrogen) atoms. The van der Waals surface area contributed by atoms with Crippen LogP contribution in [-0.4, -0.2) is 12.0 Å². The van der Waals surface area contributed by atoms with Gasteiger partial charge in [-0.05, 0) is 18.2 Å². The van der Waals surface area contributed by atoms with Gasteiger partial charge in [-0.1, -0.05) is 0 Å². The van der Waals surface area contributed by atoms with Gasteiger partial charge in [-0.2, -0.15) is 13.2 Å². The Hall–Kier alpha value is -2.32. The molecule has 1 aromatic carbocycles. The van der Waals surface area contributed by atoms with E-state index in [0.29, 0.717) is 6.07 Å². The second-order valence-corrected chi connectivity index (χ2v) is 3.18. The molecule has 9 heteroatoms. The third kappa shape index (κ3) is 3.61. The zero-order valence-electron chi connectivity index (χ0n) is 8.73. The molecule has 2 amide bonds. The minimum Gasteiger partial charge on any atom is -0.351 e. The van der Waals surface area contributed by atoms with Crippen LogP contribution in [0.5, 0.6) is 0 Å². The smallest absolute Gasteiger partial charge is 0.351 e. The lowest BCUT2D eigenvalue weighted by Crippen LogP contribution is -2.38. The molecular weight excluding hydrogens is 256 g/mol. The average Bonchev–Trinajstić information content (AvgIpc) is 2.18. The van der Waals surface area contributed by atoms with Crippen molar-refractivity contribution in [1.82, 2.24) is 5.32 Å². The van der Waals surface area contributed by atoms with Gasteiger partial charge >= 0.3 is 12.2 Å². The Balaban J connectivity index is 2.87. The van der Waals surface area contributed by atoms with Crippen molar-refractivity contribution < 1.29 is 22.4 Å². The fourth-order valence-corrected chi connectivity index (χ4v) is 1.08. The second kappa shape index (κ2) is 4.90. The molecule has 5 nitrogen and oxygen atoms in total. The number of alkyl halides is 3. The Kier molecular flexibility index (Phi) is 3.74. The van der Waals surface area contributed by atoms with E-state index in [0.717, 1.165) is 6.07 Å². The van der Waals surface area contributed by atoms with Crippen LogP contribution in [0.25, 0.3) is 0 Å². The van der Waals surface area contributed by atoms with E-state index >= 15 is 0 Å². The summed E-state index contributed by atoms with van der Waals surface area (Å²) in [5, 5.41) is 11.0. The Morgan fingerprint density at radius 3 is 2.39 bits per heavy atom. The van der Waals surface area contributed by atoms with Crippen molar-refractivity contribution in [1.29, 1.82) is 5.41 Å². The highest BCUT2D eigenvalue weighted by Gasteiger charge is 2.31. The number of hydrogen-bond donors (Lipinski definition) is 4. The molecule has 0 aliphatic carbocycles. The van der Waals surface area contributed by atoms with Gasteiger partial charge in [0.2, 0.25) is 5.96 Å². The number of benzene rings is 1. The molecule has 0 radical (unpaired) electrons. The average molecular weight is 264 g/mol. The van der Waals surface area contributed by atoms with Gasteiger partial charge in [0.25, 0.3) is 0 Å². The molecular formula is C9H8F4N4O. The molecule has 0 aromatic heterocycles. The van der Waals surface area contributed by atoms with E-state index in [1.54, 1.807) is 5.32 Å². The van der Waals surface area contributed by atoms with E-state index in [4.69, 9.17) is 11.1 Å². The number of halogens is 4. The Labute approximate surface area is 98.5 Å². The first kappa shape index (κ1) is 13.7. The maximum atomic E-state index is 13.3. The zero-order chi connectivity index (χ0) is 13.9. The van der Waals surface area contributed by atoms with E-state index < -0.39 is 29.5 Å². The maximum Gasteiger partial charge on any atom is 0.416 e. The minimum absolute atomic E-state index is 0.278. The van der Waals surface area contributed by atoms with Gasteiger partial charge in [0.05, 0.1) is 11.3 Å². The highest BCUT2D eigenvalue weighted by Crippen LogP contribution is 2.31. The van der Waals surface area contributed by atoms with Gasteiger partial charge in [-0.25, -0.2) is 9.18 Å². The van der Waals surface area contributed by atoms with E-state index in [2.05, 4.69) is 0 Å². The Morgan fingerprint density at radius 1 is 1.33 bits per heavy atom. The van der Waals surface area contributed by atoms with Gasteiger partial charge in [-0.3, -0.25) is 10.7 Å². The summed E-state index contributed by atoms with van der Waals surface area (Å²) in [5.74, 6) is -1.86. The number of nitrogens with one attached hydrogen (secondary N) is 3. The highest BCUT2D eigenvalue weighted by molar-refractivity contribution is 6.01. The maximum absolute atomic E-state index is 13.3. The molecule has 1 aromatic rings. The molecule has 0 fully saturated rings. The molecule has 0 aliphatic rings. The van der Waals surface area contributed by atoms with Crippen molar-refractivity contribution in [2.75, 3.05) is 5.32 Å². The van der Waals surface area contributed by atoms with Gasteiger partial charge in [0.1, 0.15) is 5.82 Å². The number of rotatable bonds is 1. The van der Waals surface area contributed by atoms with Crippen molar-refractivity contribution in [2.45, 2.75) is 6.18 Å². The number of primary amides is 1. The fraction of sp³-hybridized carbons (Fsp3) is 0.111. The van der Waals surface area contributed by atoms with Crippen LogP contribution in [-0.2, 0) is 6.18 Å². The molecule has 0 bridgehead atoms. The monoisotopic (exact) mass is 264 g/mol. The predicted octanol–water partition coefficient (Wildman–Crippen LogP) is 1.86. The number of guanidine groups is 1. The van der Waals surface area contributed by atoms with E-state index in [1.165, 1.54) is 0 Å². The molecule has 0 saturated heterocycles. The van der Waals surface area contributed by atoms with Crippen molar-refractivity contribution in [3.8, 4) is 0 Å². The molecule has 5 N–H and O–H groups in total. The molecule has 0 saturated carbocycles. The summed E-state index contributed by atoms with van der Waals surface area (Å²) in [6, 6.07) is 0.665. The molecule has 0 atom stereocenters. The van der Waals surface area contributed by atoms with Crippen LogP contribution in [0.2, 0.25) is 0 Å². The SMILES string of the molecule is N=C(NC(N)=O)Nc1ccc(C(F)(F)F)cc1F. The second-order valence-electron chi connectivity index (χ2n) is 3.18. The van der Waals surface area contributed by atoms with Crippen LogP contribution in [0, 0.1) is 11.2 Å². The van der Waals surface area contributed by atoms with Crippen LogP contribution in [0.15, 0.2) is 18.2 Å². The summed E-state index contributed by atoms with van der Waals surface area (Å²) in [6.07, 6.45) is -4.65. The molecule has 0 aliphatic heterocycles. The van der Waals surface area contributed by atoms with E-state index in [9.17, 15) is 22.4 Å². The normalized spacial score (nSPS) is 10.9. The number of anilines is 1. The largest absolute Gasteiger partial charge is 0.416 e. The number of hydrogen-bond acceptors (Lipinski definition) is 2. The summed E-state index contributed by atoms with van der Waals surface area (Å²) in [7, 11) is 0. The number of urea groups is 1. The first-order valence-corrected chi connectivity index (χ1v) is 4.49. The summed E-state index contributed by atoms with van der Waals surface area (Å²) in [5.41, 5.74) is 3.15. The van der Waals surface area contributed by atoms with E-state index in [1.807, 2.05) is 5.32 Å². The van der Waals surface area contributed by atoms with Crippen LogP contribution < -0.4 is 16.4 Å². The number of amides is 2. The van der Waals surface area contributed by atoms with Gasteiger partial charge in [0, 0.05) is 0 Å². The van der Waals surface area contributed by atoms with Gasteiger partial charge < -0.3 is 11.1 Å². The summed E-state index contributed by atoms with van der Waals surface area (Å²) in [6.45, 7) is 0. The third-order valence-electron chi connectivity index (χ3n) is 1.80. The van der Waals surface area contributed by atoms with E-state index in [-0.39, 0.29) is 11.8 Å². The molecule has 98 valence electrons. The van der Waals surface area contributed by atoms with Crippen molar-refractivity contribution in [3.63, 3.8) is 0 Å². The summed E-state index contributed by atoms with van der Waals surface area (Å²) < 4.78 is 50.0. The van der Waals surface area contributed by atoms with Crippen LogP contribution in [0.1, 0.15) is 5.56 Å². The quantitative estimate of drug-likeness (QED) is 0.354. The van der Waals surface area contributed by atoms with Crippen molar-refractivity contribution in [2.24, 2.45) is 5.73 Å². The molecule has 0 heterocycles. The highest BCUT2D eigenvalue weighted by atomic mass is 19.4. The Bertz CT molecular complexity index is 486. The number of carbonyl (C=O) groups excluding carboxylic acids is 1. The lowest BCUT2D eigenvalue weighted by Gasteiger charge is -2.11. The van der Waals surface area contributed by atoms with Crippen LogP contribution in [0.3, 0.4) is 0 Å². The Morgan fingerprint density at radius 2 is 1.94 bits per heavy atom. The van der Waals surface area contributed by atoms with Crippen molar-refractivity contribution >= 4 is 17.7 Å². The summed E-state index contributed by atoms with van der Waals surface area (Å²) in [4.78, 5) is 10.4. The summed E-state index contributed by atoms with van der Waals surface area (Å²) >= 11 is 0. The minimum atomic E-state index is -4.65. The number of nitrogens with two attached hydrogens (primary N) is 1. The molecule has 1 rings (SSSR count). The van der Waals surface area contributed by atoms with Crippen molar-refractivity contribution in [3.05, 3.63) is 29.6 Å². The third-order valence-corrected chi connectivity index (χ3v) is 1.80. The van der Waals surface area contributed by atoms with Crippen LogP contribution in [0.4, 0.5) is 28.0 Å². The lowest BCUT2D eigenvalue weighted by atomic mass is 10.2. The molecule has 0 spiro atoms. The lowest BCUT2D eigenvalue weighted by molar-refractivity contribution is -0.137.